The Bertz CT molecular complexity index is 242. The fourth-order valence-electron chi connectivity index (χ4n) is 3.31. The zero-order valence-electron chi connectivity index (χ0n) is 10.3. The van der Waals surface area contributed by atoms with Gasteiger partial charge in [0.1, 0.15) is 0 Å². The molecule has 16 heavy (non-hydrogen) atoms. The van der Waals surface area contributed by atoms with E-state index in [4.69, 9.17) is 0 Å². The van der Waals surface area contributed by atoms with Gasteiger partial charge in [0.2, 0.25) is 0 Å². The molecule has 0 aromatic heterocycles. The summed E-state index contributed by atoms with van der Waals surface area (Å²) >= 11 is 0. The number of hydrogen-bond acceptors (Lipinski definition) is 3. The van der Waals surface area contributed by atoms with Crippen LogP contribution in [0.25, 0.3) is 0 Å². The van der Waals surface area contributed by atoms with Gasteiger partial charge in [-0.3, -0.25) is 4.79 Å². The predicted molar refractivity (Wildman–Crippen MR) is 63.2 cm³/mol. The van der Waals surface area contributed by atoms with E-state index in [1.165, 1.54) is 45.8 Å². The van der Waals surface area contributed by atoms with Gasteiger partial charge in [-0.2, -0.15) is 0 Å². The van der Waals surface area contributed by atoms with Gasteiger partial charge in [0.15, 0.2) is 0 Å². The summed E-state index contributed by atoms with van der Waals surface area (Å²) in [6, 6.07) is 0.825. The van der Waals surface area contributed by atoms with Crippen LogP contribution in [-0.2, 0) is 9.53 Å². The van der Waals surface area contributed by atoms with E-state index in [-0.39, 0.29) is 5.97 Å². The van der Waals surface area contributed by atoms with Gasteiger partial charge >= 0.3 is 5.97 Å². The highest BCUT2D eigenvalue weighted by molar-refractivity contribution is 5.69. The predicted octanol–water partition coefficient (Wildman–Crippen LogP) is 2.20. The number of rotatable bonds is 4. The maximum atomic E-state index is 11.0. The largest absolute Gasteiger partial charge is 0.469 e. The van der Waals surface area contributed by atoms with E-state index in [1.54, 1.807) is 0 Å². The minimum atomic E-state index is -0.0700. The van der Waals surface area contributed by atoms with Crippen LogP contribution in [0.3, 0.4) is 0 Å². The second-order valence-corrected chi connectivity index (χ2v) is 5.12. The summed E-state index contributed by atoms with van der Waals surface area (Å²) in [4.78, 5) is 13.6. The summed E-state index contributed by atoms with van der Waals surface area (Å²) in [5, 5.41) is 0. The molecule has 1 aliphatic heterocycles. The van der Waals surface area contributed by atoms with E-state index in [1.807, 2.05) is 0 Å². The number of nitrogens with zero attached hydrogens (tertiary/aromatic N) is 1. The Balaban J connectivity index is 1.71. The van der Waals surface area contributed by atoms with Gasteiger partial charge in [0.25, 0.3) is 0 Å². The van der Waals surface area contributed by atoms with Crippen LogP contribution < -0.4 is 0 Å². The van der Waals surface area contributed by atoms with Crippen LogP contribution in [0.5, 0.6) is 0 Å². The molecule has 2 fully saturated rings. The van der Waals surface area contributed by atoms with Crippen molar-refractivity contribution < 1.29 is 9.53 Å². The molecule has 3 heteroatoms. The Morgan fingerprint density at radius 2 is 2.12 bits per heavy atom. The standard InChI is InChI=1S/C13H23NO2/c1-16-13(15)7-4-9-14-10-8-11-5-2-3-6-12(11)14/h11-12H,2-10H2,1H3. The molecule has 1 heterocycles. The molecule has 2 unspecified atom stereocenters. The van der Waals surface area contributed by atoms with Gasteiger partial charge in [-0.05, 0) is 44.7 Å². The first-order chi connectivity index (χ1) is 7.81. The molecule has 0 spiro atoms. The Kier molecular flexibility index (Phi) is 4.22. The summed E-state index contributed by atoms with van der Waals surface area (Å²) in [7, 11) is 1.47. The zero-order chi connectivity index (χ0) is 11.4. The van der Waals surface area contributed by atoms with Crippen molar-refractivity contribution >= 4 is 5.97 Å². The Morgan fingerprint density at radius 3 is 2.94 bits per heavy atom. The van der Waals surface area contributed by atoms with Crippen molar-refractivity contribution in [2.24, 2.45) is 5.92 Å². The maximum Gasteiger partial charge on any atom is 0.305 e. The Labute approximate surface area is 98.1 Å². The van der Waals surface area contributed by atoms with Crippen LogP contribution in [0.15, 0.2) is 0 Å². The fraction of sp³-hybridized carbons (Fsp3) is 0.923. The molecule has 1 aliphatic carbocycles. The summed E-state index contributed by atoms with van der Waals surface area (Å²) in [5.41, 5.74) is 0. The van der Waals surface area contributed by atoms with Crippen LogP contribution in [0, 0.1) is 5.92 Å². The van der Waals surface area contributed by atoms with Crippen molar-refractivity contribution in [1.29, 1.82) is 0 Å². The number of fused-ring (bicyclic) bond motifs is 1. The number of esters is 1. The van der Waals surface area contributed by atoms with Gasteiger partial charge in [0, 0.05) is 12.5 Å². The highest BCUT2D eigenvalue weighted by atomic mass is 16.5. The monoisotopic (exact) mass is 225 g/mol. The lowest BCUT2D eigenvalue weighted by molar-refractivity contribution is -0.140. The quantitative estimate of drug-likeness (QED) is 0.687. The van der Waals surface area contributed by atoms with E-state index in [2.05, 4.69) is 9.64 Å². The van der Waals surface area contributed by atoms with Gasteiger partial charge in [0.05, 0.1) is 7.11 Å². The first-order valence-electron chi connectivity index (χ1n) is 6.62. The molecule has 0 amide bonds. The smallest absolute Gasteiger partial charge is 0.305 e. The summed E-state index contributed by atoms with van der Waals surface area (Å²) in [5.74, 6) is 0.881. The van der Waals surface area contributed by atoms with Crippen LogP contribution in [0.4, 0.5) is 0 Å². The molecular weight excluding hydrogens is 202 g/mol. The van der Waals surface area contributed by atoms with Crippen molar-refractivity contribution in [3.63, 3.8) is 0 Å². The third-order valence-electron chi connectivity index (χ3n) is 4.18. The fourth-order valence-corrected chi connectivity index (χ4v) is 3.31. The summed E-state index contributed by atoms with van der Waals surface area (Å²) < 4.78 is 4.66. The van der Waals surface area contributed by atoms with Crippen molar-refractivity contribution in [2.75, 3.05) is 20.2 Å². The summed E-state index contributed by atoms with van der Waals surface area (Å²) in [6.07, 6.45) is 8.54. The van der Waals surface area contributed by atoms with Gasteiger partial charge in [-0.1, -0.05) is 12.8 Å². The average Bonchev–Trinajstić information content (AvgIpc) is 2.73. The number of methoxy groups -OCH3 is 1. The average molecular weight is 225 g/mol. The van der Waals surface area contributed by atoms with Gasteiger partial charge in [-0.15, -0.1) is 0 Å². The zero-order valence-corrected chi connectivity index (χ0v) is 10.3. The first-order valence-corrected chi connectivity index (χ1v) is 6.62. The third-order valence-corrected chi connectivity index (χ3v) is 4.18. The molecule has 2 atom stereocenters. The van der Waals surface area contributed by atoms with Crippen molar-refractivity contribution in [2.45, 2.75) is 51.0 Å². The van der Waals surface area contributed by atoms with Crippen LogP contribution in [0.1, 0.15) is 44.9 Å². The second kappa shape index (κ2) is 5.67. The van der Waals surface area contributed by atoms with Gasteiger partial charge < -0.3 is 9.64 Å². The molecule has 0 aromatic rings. The molecule has 92 valence electrons. The van der Waals surface area contributed by atoms with Crippen molar-refractivity contribution in [1.82, 2.24) is 4.90 Å². The number of carbonyl (C=O) groups is 1. The van der Waals surface area contributed by atoms with E-state index in [9.17, 15) is 4.79 Å². The third kappa shape index (κ3) is 2.76. The molecule has 2 aliphatic rings. The molecule has 1 saturated carbocycles. The van der Waals surface area contributed by atoms with E-state index < -0.39 is 0 Å². The highest BCUT2D eigenvalue weighted by Gasteiger charge is 2.34. The normalized spacial score (nSPS) is 30.1. The molecular formula is C13H23NO2. The molecule has 2 rings (SSSR count). The van der Waals surface area contributed by atoms with E-state index >= 15 is 0 Å². The van der Waals surface area contributed by atoms with Gasteiger partial charge in [-0.25, -0.2) is 0 Å². The van der Waals surface area contributed by atoms with Crippen LogP contribution in [-0.4, -0.2) is 37.1 Å². The first kappa shape index (κ1) is 11.9. The lowest BCUT2D eigenvalue weighted by Crippen LogP contribution is -2.35. The van der Waals surface area contributed by atoms with Crippen LogP contribution >= 0.6 is 0 Å². The molecule has 0 aromatic carbocycles. The molecule has 1 saturated heterocycles. The lowest BCUT2D eigenvalue weighted by Gasteiger charge is -2.31. The Hall–Kier alpha value is -0.570. The molecule has 0 N–H and O–H groups in total. The van der Waals surface area contributed by atoms with Crippen molar-refractivity contribution in [3.8, 4) is 0 Å². The lowest BCUT2D eigenvalue weighted by atomic mass is 9.85. The van der Waals surface area contributed by atoms with E-state index in [0.29, 0.717) is 6.42 Å². The van der Waals surface area contributed by atoms with Crippen LogP contribution in [0.2, 0.25) is 0 Å². The number of hydrogen-bond donors (Lipinski definition) is 0. The molecule has 0 radical (unpaired) electrons. The number of likely N-dealkylation sites (tertiary alicyclic amines) is 1. The Morgan fingerprint density at radius 1 is 1.31 bits per heavy atom. The minimum Gasteiger partial charge on any atom is -0.469 e. The van der Waals surface area contributed by atoms with Crippen molar-refractivity contribution in [3.05, 3.63) is 0 Å². The SMILES string of the molecule is COC(=O)CCCN1CCC2CCCCC21. The minimum absolute atomic E-state index is 0.0700. The number of carbonyl (C=O) groups excluding carboxylic acids is 1. The molecule has 3 nitrogen and oxygen atoms in total. The van der Waals surface area contributed by atoms with E-state index in [0.717, 1.165) is 24.9 Å². The topological polar surface area (TPSA) is 29.5 Å². The molecule has 0 bridgehead atoms. The highest BCUT2D eigenvalue weighted by Crippen LogP contribution is 2.36. The second-order valence-electron chi connectivity index (χ2n) is 5.12. The maximum absolute atomic E-state index is 11.0. The number of ether oxygens (including phenoxy) is 1. The summed E-state index contributed by atoms with van der Waals surface area (Å²) in [6.45, 7) is 2.33.